The van der Waals surface area contributed by atoms with Gasteiger partial charge in [0.1, 0.15) is 6.07 Å². The summed E-state index contributed by atoms with van der Waals surface area (Å²) in [6.45, 7) is 6.14. The third-order valence-electron chi connectivity index (χ3n) is 4.55. The second-order valence-corrected chi connectivity index (χ2v) is 6.05. The van der Waals surface area contributed by atoms with Crippen molar-refractivity contribution >= 4 is 5.82 Å². The Morgan fingerprint density at radius 2 is 2.08 bits per heavy atom. The number of aromatic nitrogens is 3. The number of pyridine rings is 1. The van der Waals surface area contributed by atoms with Crippen molar-refractivity contribution < 1.29 is 0 Å². The molecule has 2 aromatic rings. The molecule has 0 amide bonds. The van der Waals surface area contributed by atoms with Crippen LogP contribution in [0.25, 0.3) is 0 Å². The molecule has 6 heteroatoms. The highest BCUT2D eigenvalue weighted by atomic mass is 15.3. The number of likely N-dealkylation sites (N-methyl/N-ethyl adjacent to an activating group) is 1. The molecule has 0 saturated carbocycles. The van der Waals surface area contributed by atoms with Gasteiger partial charge < -0.3 is 4.90 Å². The van der Waals surface area contributed by atoms with Crippen LogP contribution in [0.3, 0.4) is 0 Å². The van der Waals surface area contributed by atoms with Crippen molar-refractivity contribution in [2.45, 2.75) is 32.4 Å². The first kappa shape index (κ1) is 16.3. The van der Waals surface area contributed by atoms with E-state index < -0.39 is 0 Å². The molecule has 0 N–H and O–H groups in total. The first-order valence-corrected chi connectivity index (χ1v) is 8.42. The third kappa shape index (κ3) is 3.87. The molecule has 2 aromatic heterocycles. The van der Waals surface area contributed by atoms with Gasteiger partial charge in [0, 0.05) is 31.5 Å². The highest BCUT2D eigenvalue weighted by Crippen LogP contribution is 2.21. The highest BCUT2D eigenvalue weighted by molar-refractivity contribution is 5.40. The summed E-state index contributed by atoms with van der Waals surface area (Å²) in [6.07, 6.45) is 6.09. The van der Waals surface area contributed by atoms with Gasteiger partial charge >= 0.3 is 0 Å². The molecule has 1 aliphatic heterocycles. The number of anilines is 1. The number of likely N-dealkylation sites (tertiary alicyclic amines) is 1. The zero-order chi connectivity index (χ0) is 16.8. The zero-order valence-corrected chi connectivity index (χ0v) is 14.0. The molecule has 0 bridgehead atoms. The Morgan fingerprint density at radius 1 is 1.25 bits per heavy atom. The topological polar surface area (TPSA) is 68.9 Å². The fraction of sp³-hybridized carbons (Fsp3) is 0.444. The molecule has 0 aromatic carbocycles. The highest BCUT2D eigenvalue weighted by Gasteiger charge is 2.26. The minimum Gasteiger partial charge on any atom is -0.349 e. The first-order chi connectivity index (χ1) is 11.8. The monoisotopic (exact) mass is 322 g/mol. The molecule has 0 radical (unpaired) electrons. The molecule has 3 heterocycles. The van der Waals surface area contributed by atoms with Gasteiger partial charge in [-0.25, -0.2) is 0 Å². The van der Waals surface area contributed by atoms with Gasteiger partial charge in [-0.15, -0.1) is 10.2 Å². The van der Waals surface area contributed by atoms with E-state index in [1.54, 1.807) is 6.07 Å². The number of hydrogen-bond acceptors (Lipinski definition) is 6. The zero-order valence-electron chi connectivity index (χ0n) is 14.0. The van der Waals surface area contributed by atoms with Crippen molar-refractivity contribution in [2.24, 2.45) is 0 Å². The van der Waals surface area contributed by atoms with E-state index >= 15 is 0 Å². The smallest absolute Gasteiger partial charge is 0.163 e. The molecular weight excluding hydrogens is 300 g/mol. The molecule has 3 rings (SSSR count). The second kappa shape index (κ2) is 7.84. The molecule has 24 heavy (non-hydrogen) atoms. The number of nitrogens with zero attached hydrogens (tertiary/aromatic N) is 6. The van der Waals surface area contributed by atoms with Crippen LogP contribution in [-0.2, 0) is 6.54 Å². The molecule has 1 atom stereocenters. The van der Waals surface area contributed by atoms with Crippen LogP contribution in [0.1, 0.15) is 31.0 Å². The van der Waals surface area contributed by atoms with Crippen LogP contribution in [0.2, 0.25) is 0 Å². The summed E-state index contributed by atoms with van der Waals surface area (Å²) in [5.74, 6) is 0.814. The fourth-order valence-corrected chi connectivity index (χ4v) is 3.27. The largest absolute Gasteiger partial charge is 0.349 e. The molecule has 0 aliphatic carbocycles. The fourth-order valence-electron chi connectivity index (χ4n) is 3.27. The summed E-state index contributed by atoms with van der Waals surface area (Å²) in [6, 6.07) is 10.2. The lowest BCUT2D eigenvalue weighted by Gasteiger charge is -2.31. The quantitative estimate of drug-likeness (QED) is 0.812. The Kier molecular flexibility index (Phi) is 5.34. The van der Waals surface area contributed by atoms with Gasteiger partial charge in [0.05, 0.1) is 0 Å². The predicted octanol–water partition coefficient (Wildman–Crippen LogP) is 2.23. The lowest BCUT2D eigenvalue weighted by molar-refractivity contribution is 0.268. The summed E-state index contributed by atoms with van der Waals surface area (Å²) < 4.78 is 0. The van der Waals surface area contributed by atoms with Crippen molar-refractivity contribution in [2.75, 3.05) is 24.5 Å². The first-order valence-electron chi connectivity index (χ1n) is 8.42. The molecular formula is C18H22N6. The number of nitriles is 1. The third-order valence-corrected chi connectivity index (χ3v) is 4.55. The van der Waals surface area contributed by atoms with Crippen LogP contribution >= 0.6 is 0 Å². The van der Waals surface area contributed by atoms with E-state index in [4.69, 9.17) is 5.26 Å². The van der Waals surface area contributed by atoms with Crippen LogP contribution in [0.4, 0.5) is 5.82 Å². The van der Waals surface area contributed by atoms with Crippen molar-refractivity contribution in [3.05, 3.63) is 47.9 Å². The summed E-state index contributed by atoms with van der Waals surface area (Å²) in [5.41, 5.74) is 1.54. The molecule has 1 aliphatic rings. The van der Waals surface area contributed by atoms with E-state index in [2.05, 4.69) is 31.9 Å². The van der Waals surface area contributed by atoms with Crippen LogP contribution in [-0.4, -0.2) is 45.8 Å². The summed E-state index contributed by atoms with van der Waals surface area (Å²) in [4.78, 5) is 8.86. The molecule has 1 fully saturated rings. The standard InChI is InChI=1S/C18H22N6/c1-2-23-11-3-4-17(23)14-24(13-15-7-9-20-10-8-15)18-6-5-16(12-19)21-22-18/h5-10,17H,2-4,11,13-14H2,1H3. The van der Waals surface area contributed by atoms with Gasteiger partial charge in [-0.3, -0.25) is 9.88 Å². The predicted molar refractivity (Wildman–Crippen MR) is 92.3 cm³/mol. The molecule has 124 valence electrons. The van der Waals surface area contributed by atoms with Crippen molar-refractivity contribution in [1.29, 1.82) is 5.26 Å². The van der Waals surface area contributed by atoms with Gasteiger partial charge in [-0.2, -0.15) is 5.26 Å². The SMILES string of the molecule is CCN1CCCC1CN(Cc1ccncc1)c1ccc(C#N)nn1. The summed E-state index contributed by atoms with van der Waals surface area (Å²) >= 11 is 0. The van der Waals surface area contributed by atoms with Gasteiger partial charge in [0.25, 0.3) is 0 Å². The van der Waals surface area contributed by atoms with Crippen LogP contribution in [0.5, 0.6) is 0 Å². The Morgan fingerprint density at radius 3 is 2.75 bits per heavy atom. The average Bonchev–Trinajstić information content (AvgIpc) is 3.09. The van der Waals surface area contributed by atoms with Gasteiger partial charge in [0.2, 0.25) is 0 Å². The van der Waals surface area contributed by atoms with Crippen molar-refractivity contribution in [3.63, 3.8) is 0 Å². The Hall–Kier alpha value is -2.52. The lowest BCUT2D eigenvalue weighted by Crippen LogP contribution is -2.40. The summed E-state index contributed by atoms with van der Waals surface area (Å²) in [5, 5.41) is 17.2. The maximum Gasteiger partial charge on any atom is 0.163 e. The van der Waals surface area contributed by atoms with Crippen LogP contribution in [0.15, 0.2) is 36.7 Å². The number of hydrogen-bond donors (Lipinski definition) is 0. The minimum absolute atomic E-state index is 0.346. The maximum atomic E-state index is 8.92. The van der Waals surface area contributed by atoms with E-state index in [-0.39, 0.29) is 0 Å². The minimum atomic E-state index is 0.346. The van der Waals surface area contributed by atoms with E-state index in [0.29, 0.717) is 11.7 Å². The van der Waals surface area contributed by atoms with E-state index in [1.807, 2.05) is 36.7 Å². The Bertz CT molecular complexity index is 679. The maximum absolute atomic E-state index is 8.92. The van der Waals surface area contributed by atoms with Crippen molar-refractivity contribution in [3.8, 4) is 6.07 Å². The summed E-state index contributed by atoms with van der Waals surface area (Å²) in [7, 11) is 0. The van der Waals surface area contributed by atoms with Gasteiger partial charge in [-0.1, -0.05) is 6.92 Å². The second-order valence-electron chi connectivity index (χ2n) is 6.05. The molecule has 1 saturated heterocycles. The van der Waals surface area contributed by atoms with Crippen LogP contribution < -0.4 is 4.90 Å². The number of rotatable bonds is 6. The van der Waals surface area contributed by atoms with Crippen molar-refractivity contribution in [1.82, 2.24) is 20.1 Å². The lowest BCUT2D eigenvalue weighted by atomic mass is 10.1. The molecule has 1 unspecified atom stereocenters. The van der Waals surface area contributed by atoms with Crippen LogP contribution in [0, 0.1) is 11.3 Å². The van der Waals surface area contributed by atoms with Gasteiger partial charge in [-0.05, 0) is 55.8 Å². The van der Waals surface area contributed by atoms with E-state index in [0.717, 1.165) is 25.5 Å². The van der Waals surface area contributed by atoms with Gasteiger partial charge in [0.15, 0.2) is 11.5 Å². The Labute approximate surface area is 142 Å². The van der Waals surface area contributed by atoms with E-state index in [9.17, 15) is 0 Å². The molecule has 6 nitrogen and oxygen atoms in total. The molecule has 0 spiro atoms. The average molecular weight is 322 g/mol. The Balaban J connectivity index is 1.81. The normalized spacial score (nSPS) is 17.6. The van der Waals surface area contributed by atoms with E-state index in [1.165, 1.54) is 24.9 Å².